The Kier molecular flexibility index (Phi) is 2.15. The average molecular weight is 203 g/mol. The summed E-state index contributed by atoms with van der Waals surface area (Å²) in [6.45, 7) is 3.81. The second-order valence-corrected chi connectivity index (χ2v) is 3.52. The first-order chi connectivity index (χ1) is 7.06. The SMILES string of the molecule is Cc1nc(N)cc(-c2cc(C)n(C)n2)n1. The van der Waals surface area contributed by atoms with E-state index in [2.05, 4.69) is 15.1 Å². The van der Waals surface area contributed by atoms with Crippen LogP contribution in [0.1, 0.15) is 11.5 Å². The lowest BCUT2D eigenvalue weighted by Gasteiger charge is -1.99. The lowest BCUT2D eigenvalue weighted by Crippen LogP contribution is -1.98. The summed E-state index contributed by atoms with van der Waals surface area (Å²) >= 11 is 0. The van der Waals surface area contributed by atoms with Crippen molar-refractivity contribution in [2.24, 2.45) is 7.05 Å². The largest absolute Gasteiger partial charge is 0.384 e. The molecule has 0 aliphatic carbocycles. The van der Waals surface area contributed by atoms with E-state index in [0.29, 0.717) is 11.6 Å². The summed E-state index contributed by atoms with van der Waals surface area (Å²) in [5, 5.41) is 4.33. The van der Waals surface area contributed by atoms with Crippen LogP contribution in [0.4, 0.5) is 5.82 Å². The van der Waals surface area contributed by atoms with Gasteiger partial charge in [0.25, 0.3) is 0 Å². The first kappa shape index (κ1) is 9.64. The molecule has 0 spiro atoms. The maximum atomic E-state index is 5.66. The average Bonchev–Trinajstić information content (AvgIpc) is 2.45. The van der Waals surface area contributed by atoms with Crippen molar-refractivity contribution in [3.05, 3.63) is 23.7 Å². The van der Waals surface area contributed by atoms with E-state index < -0.39 is 0 Å². The second kappa shape index (κ2) is 3.34. The van der Waals surface area contributed by atoms with E-state index in [0.717, 1.165) is 17.1 Å². The molecule has 2 N–H and O–H groups in total. The molecule has 5 nitrogen and oxygen atoms in total. The van der Waals surface area contributed by atoms with Crippen molar-refractivity contribution in [3.63, 3.8) is 0 Å². The predicted molar refractivity (Wildman–Crippen MR) is 58.1 cm³/mol. The lowest BCUT2D eigenvalue weighted by molar-refractivity contribution is 0.742. The third-order valence-electron chi connectivity index (χ3n) is 2.23. The molecule has 0 radical (unpaired) electrons. The van der Waals surface area contributed by atoms with Gasteiger partial charge >= 0.3 is 0 Å². The Balaban J connectivity index is 2.53. The minimum absolute atomic E-state index is 0.473. The molecule has 0 atom stereocenters. The molecule has 0 fully saturated rings. The van der Waals surface area contributed by atoms with Crippen LogP contribution in [-0.4, -0.2) is 19.7 Å². The highest BCUT2D eigenvalue weighted by Crippen LogP contribution is 2.17. The van der Waals surface area contributed by atoms with E-state index in [9.17, 15) is 0 Å². The number of hydrogen-bond donors (Lipinski definition) is 1. The molecule has 2 aromatic rings. The van der Waals surface area contributed by atoms with Crippen molar-refractivity contribution in [3.8, 4) is 11.4 Å². The van der Waals surface area contributed by atoms with Crippen molar-refractivity contribution in [2.75, 3.05) is 5.73 Å². The smallest absolute Gasteiger partial charge is 0.128 e. The number of aryl methyl sites for hydroxylation is 3. The summed E-state index contributed by atoms with van der Waals surface area (Å²) in [7, 11) is 1.90. The molecule has 2 rings (SSSR count). The van der Waals surface area contributed by atoms with Crippen LogP contribution in [0.5, 0.6) is 0 Å². The number of hydrogen-bond acceptors (Lipinski definition) is 4. The third-order valence-corrected chi connectivity index (χ3v) is 2.23. The molecular weight excluding hydrogens is 190 g/mol. The minimum atomic E-state index is 0.473. The van der Waals surface area contributed by atoms with Gasteiger partial charge in [0.2, 0.25) is 0 Å². The zero-order valence-corrected chi connectivity index (χ0v) is 9.02. The number of nitrogens with zero attached hydrogens (tertiary/aromatic N) is 4. The highest BCUT2D eigenvalue weighted by atomic mass is 15.3. The van der Waals surface area contributed by atoms with Gasteiger partial charge in [0.1, 0.15) is 17.3 Å². The number of nitrogens with two attached hydrogens (primary N) is 1. The van der Waals surface area contributed by atoms with Crippen LogP contribution in [-0.2, 0) is 7.05 Å². The summed E-state index contributed by atoms with van der Waals surface area (Å²) in [6, 6.07) is 3.70. The van der Waals surface area contributed by atoms with Gasteiger partial charge in [-0.25, -0.2) is 9.97 Å². The zero-order valence-electron chi connectivity index (χ0n) is 9.02. The van der Waals surface area contributed by atoms with Crippen LogP contribution < -0.4 is 5.73 Å². The van der Waals surface area contributed by atoms with Crippen LogP contribution in [0.25, 0.3) is 11.4 Å². The summed E-state index contributed by atoms with van der Waals surface area (Å²) in [5.41, 5.74) is 8.33. The standard InChI is InChI=1S/C10H13N5/c1-6-4-9(14-15(6)3)8-5-10(11)13-7(2)12-8/h4-5H,1-3H3,(H2,11,12,13). The number of nitrogen functional groups attached to an aromatic ring is 1. The molecule has 2 aromatic heterocycles. The Labute approximate surface area is 88.0 Å². The molecule has 0 aliphatic heterocycles. The van der Waals surface area contributed by atoms with E-state index in [-0.39, 0.29) is 0 Å². The molecule has 0 amide bonds. The fourth-order valence-corrected chi connectivity index (χ4v) is 1.41. The van der Waals surface area contributed by atoms with Gasteiger partial charge in [-0.1, -0.05) is 0 Å². The molecule has 0 saturated carbocycles. The third kappa shape index (κ3) is 1.81. The topological polar surface area (TPSA) is 69.6 Å². The maximum absolute atomic E-state index is 5.66. The van der Waals surface area contributed by atoms with Crippen molar-refractivity contribution in [2.45, 2.75) is 13.8 Å². The molecule has 0 aliphatic rings. The molecule has 0 saturated heterocycles. The van der Waals surface area contributed by atoms with E-state index >= 15 is 0 Å². The molecule has 2 heterocycles. The Morgan fingerprint density at radius 1 is 1.13 bits per heavy atom. The molecule has 0 aromatic carbocycles. The van der Waals surface area contributed by atoms with E-state index in [4.69, 9.17) is 5.73 Å². The second-order valence-electron chi connectivity index (χ2n) is 3.52. The van der Waals surface area contributed by atoms with Gasteiger partial charge in [0.05, 0.1) is 5.69 Å². The van der Waals surface area contributed by atoms with Gasteiger partial charge in [0, 0.05) is 18.8 Å². The highest BCUT2D eigenvalue weighted by Gasteiger charge is 2.07. The molecular formula is C10H13N5. The lowest BCUT2D eigenvalue weighted by atomic mass is 10.2. The summed E-state index contributed by atoms with van der Waals surface area (Å²) in [4.78, 5) is 8.31. The monoisotopic (exact) mass is 203 g/mol. The van der Waals surface area contributed by atoms with Gasteiger partial charge < -0.3 is 5.73 Å². The Hall–Kier alpha value is -1.91. The Morgan fingerprint density at radius 2 is 1.87 bits per heavy atom. The van der Waals surface area contributed by atoms with Crippen molar-refractivity contribution >= 4 is 5.82 Å². The number of rotatable bonds is 1. The Bertz CT molecular complexity index is 461. The zero-order chi connectivity index (χ0) is 11.0. The maximum Gasteiger partial charge on any atom is 0.128 e. The van der Waals surface area contributed by atoms with Crippen molar-refractivity contribution in [1.82, 2.24) is 19.7 Å². The molecule has 15 heavy (non-hydrogen) atoms. The minimum Gasteiger partial charge on any atom is -0.384 e. The van der Waals surface area contributed by atoms with Crippen molar-refractivity contribution in [1.29, 1.82) is 0 Å². The molecule has 5 heteroatoms. The summed E-state index contributed by atoms with van der Waals surface area (Å²) in [5.74, 6) is 1.13. The van der Waals surface area contributed by atoms with Crippen LogP contribution in [0.3, 0.4) is 0 Å². The van der Waals surface area contributed by atoms with E-state index in [1.165, 1.54) is 0 Å². The van der Waals surface area contributed by atoms with Gasteiger partial charge in [-0.3, -0.25) is 4.68 Å². The van der Waals surface area contributed by atoms with Gasteiger partial charge in [0.15, 0.2) is 0 Å². The van der Waals surface area contributed by atoms with Crippen molar-refractivity contribution < 1.29 is 0 Å². The van der Waals surface area contributed by atoms with Crippen LogP contribution >= 0.6 is 0 Å². The van der Waals surface area contributed by atoms with E-state index in [1.54, 1.807) is 6.07 Å². The first-order valence-electron chi connectivity index (χ1n) is 4.68. The predicted octanol–water partition coefficient (Wildman–Crippen LogP) is 1.08. The van der Waals surface area contributed by atoms with Gasteiger partial charge in [-0.2, -0.15) is 5.10 Å². The molecule has 78 valence electrons. The normalized spacial score (nSPS) is 10.6. The molecule has 0 bridgehead atoms. The highest BCUT2D eigenvalue weighted by molar-refractivity contribution is 5.57. The Morgan fingerprint density at radius 3 is 2.40 bits per heavy atom. The summed E-state index contributed by atoms with van der Waals surface area (Å²) in [6.07, 6.45) is 0. The molecule has 0 unspecified atom stereocenters. The number of aromatic nitrogens is 4. The fourth-order valence-electron chi connectivity index (χ4n) is 1.41. The first-order valence-corrected chi connectivity index (χ1v) is 4.68. The van der Waals surface area contributed by atoms with Gasteiger partial charge in [-0.15, -0.1) is 0 Å². The van der Waals surface area contributed by atoms with Crippen LogP contribution in [0.2, 0.25) is 0 Å². The fraction of sp³-hybridized carbons (Fsp3) is 0.300. The van der Waals surface area contributed by atoms with Crippen LogP contribution in [0, 0.1) is 13.8 Å². The van der Waals surface area contributed by atoms with E-state index in [1.807, 2.05) is 31.6 Å². The number of anilines is 1. The quantitative estimate of drug-likeness (QED) is 0.752. The summed E-state index contributed by atoms with van der Waals surface area (Å²) < 4.78 is 1.81. The van der Waals surface area contributed by atoms with Gasteiger partial charge in [-0.05, 0) is 19.9 Å². The van der Waals surface area contributed by atoms with Crippen LogP contribution in [0.15, 0.2) is 12.1 Å².